The van der Waals surface area contributed by atoms with E-state index < -0.39 is 0 Å². The van der Waals surface area contributed by atoms with Crippen molar-refractivity contribution < 1.29 is 4.79 Å². The number of benzene rings is 2. The van der Waals surface area contributed by atoms with Crippen LogP contribution in [0, 0.1) is 6.92 Å². The molecule has 1 amide bonds. The van der Waals surface area contributed by atoms with Gasteiger partial charge < -0.3 is 10.6 Å². The standard InChI is InChI=1S/C19H24N2O/c1-14(2)16-9-5-7-11-18(16)20-13-12-19(22)21-17-10-6-4-8-15(17)3/h4-11,14,20H,12-13H2,1-3H3,(H,21,22). The first-order valence-electron chi connectivity index (χ1n) is 7.76. The SMILES string of the molecule is Cc1ccccc1NC(=O)CCNc1ccccc1C(C)C. The molecule has 3 nitrogen and oxygen atoms in total. The average molecular weight is 296 g/mol. The molecule has 2 rings (SSSR count). The molecule has 2 aromatic rings. The summed E-state index contributed by atoms with van der Waals surface area (Å²) in [5.74, 6) is 0.494. The Morgan fingerprint density at radius 1 is 1.00 bits per heavy atom. The lowest BCUT2D eigenvalue weighted by molar-refractivity contribution is -0.115. The smallest absolute Gasteiger partial charge is 0.226 e. The van der Waals surface area contributed by atoms with E-state index in [1.54, 1.807) is 0 Å². The summed E-state index contributed by atoms with van der Waals surface area (Å²) in [4.78, 5) is 12.0. The van der Waals surface area contributed by atoms with E-state index in [-0.39, 0.29) is 5.91 Å². The van der Waals surface area contributed by atoms with Gasteiger partial charge in [0.1, 0.15) is 0 Å². The van der Waals surface area contributed by atoms with Gasteiger partial charge >= 0.3 is 0 Å². The van der Waals surface area contributed by atoms with Crippen LogP contribution in [-0.4, -0.2) is 12.5 Å². The van der Waals surface area contributed by atoms with Crippen molar-refractivity contribution in [3.8, 4) is 0 Å². The summed E-state index contributed by atoms with van der Waals surface area (Å²) < 4.78 is 0. The van der Waals surface area contributed by atoms with Gasteiger partial charge in [0, 0.05) is 24.3 Å². The monoisotopic (exact) mass is 296 g/mol. The van der Waals surface area contributed by atoms with Crippen LogP contribution >= 0.6 is 0 Å². The quantitative estimate of drug-likeness (QED) is 0.820. The van der Waals surface area contributed by atoms with E-state index in [1.807, 2.05) is 43.3 Å². The van der Waals surface area contributed by atoms with Crippen LogP contribution < -0.4 is 10.6 Å². The average Bonchev–Trinajstić information content (AvgIpc) is 2.50. The van der Waals surface area contributed by atoms with Crippen LogP contribution in [0.2, 0.25) is 0 Å². The third kappa shape index (κ3) is 4.35. The zero-order valence-corrected chi connectivity index (χ0v) is 13.5. The number of rotatable bonds is 6. The van der Waals surface area contributed by atoms with Crippen molar-refractivity contribution in [2.75, 3.05) is 17.2 Å². The lowest BCUT2D eigenvalue weighted by atomic mass is 10.0. The molecule has 0 aromatic heterocycles. The second-order valence-electron chi connectivity index (χ2n) is 5.78. The highest BCUT2D eigenvalue weighted by atomic mass is 16.1. The molecular weight excluding hydrogens is 272 g/mol. The molecule has 22 heavy (non-hydrogen) atoms. The molecule has 0 saturated heterocycles. The summed E-state index contributed by atoms with van der Waals surface area (Å²) in [6.07, 6.45) is 0.445. The van der Waals surface area contributed by atoms with Crippen LogP contribution in [0.1, 0.15) is 37.3 Å². The van der Waals surface area contributed by atoms with Crippen LogP contribution in [0.3, 0.4) is 0 Å². The summed E-state index contributed by atoms with van der Waals surface area (Å²) in [6.45, 7) is 6.96. The van der Waals surface area contributed by atoms with Gasteiger partial charge in [-0.1, -0.05) is 50.2 Å². The van der Waals surface area contributed by atoms with E-state index >= 15 is 0 Å². The van der Waals surface area contributed by atoms with Crippen LogP contribution in [0.25, 0.3) is 0 Å². The lowest BCUT2D eigenvalue weighted by Crippen LogP contribution is -2.17. The Morgan fingerprint density at radius 3 is 2.32 bits per heavy atom. The summed E-state index contributed by atoms with van der Waals surface area (Å²) in [6, 6.07) is 16.1. The Hall–Kier alpha value is -2.29. The number of nitrogens with one attached hydrogen (secondary N) is 2. The molecule has 0 spiro atoms. The molecule has 0 unspecified atom stereocenters. The first-order chi connectivity index (χ1) is 10.6. The van der Waals surface area contributed by atoms with Gasteiger partial charge in [0.05, 0.1) is 0 Å². The van der Waals surface area contributed by atoms with Gasteiger partial charge in [0.15, 0.2) is 0 Å². The van der Waals surface area contributed by atoms with E-state index in [2.05, 4.69) is 36.6 Å². The number of carbonyl (C=O) groups excluding carboxylic acids is 1. The Kier molecular flexibility index (Phi) is 5.59. The molecule has 0 heterocycles. The van der Waals surface area contributed by atoms with Gasteiger partial charge in [0.2, 0.25) is 5.91 Å². The van der Waals surface area contributed by atoms with Gasteiger partial charge in [-0.3, -0.25) is 4.79 Å². The molecule has 3 heteroatoms. The van der Waals surface area contributed by atoms with Crippen LogP contribution in [0.4, 0.5) is 11.4 Å². The van der Waals surface area contributed by atoms with E-state index in [1.165, 1.54) is 5.56 Å². The van der Waals surface area contributed by atoms with E-state index in [4.69, 9.17) is 0 Å². The van der Waals surface area contributed by atoms with Crippen molar-refractivity contribution in [2.24, 2.45) is 0 Å². The van der Waals surface area contributed by atoms with E-state index in [9.17, 15) is 4.79 Å². The van der Waals surface area contributed by atoms with Crippen molar-refractivity contribution in [3.63, 3.8) is 0 Å². The minimum absolute atomic E-state index is 0.0313. The molecule has 2 N–H and O–H groups in total. The Bertz CT molecular complexity index is 635. The molecule has 0 aliphatic rings. The molecule has 0 saturated carbocycles. The number of aryl methyl sites for hydroxylation is 1. The maximum Gasteiger partial charge on any atom is 0.226 e. The highest BCUT2D eigenvalue weighted by Gasteiger charge is 2.07. The highest BCUT2D eigenvalue weighted by Crippen LogP contribution is 2.23. The van der Waals surface area contributed by atoms with Crippen LogP contribution in [0.5, 0.6) is 0 Å². The molecule has 0 atom stereocenters. The molecule has 116 valence electrons. The largest absolute Gasteiger partial charge is 0.384 e. The summed E-state index contributed by atoms with van der Waals surface area (Å²) in [5, 5.41) is 6.32. The van der Waals surface area contributed by atoms with Gasteiger partial charge in [0.25, 0.3) is 0 Å². The molecule has 0 fully saturated rings. The predicted molar refractivity (Wildman–Crippen MR) is 93.4 cm³/mol. The fourth-order valence-corrected chi connectivity index (χ4v) is 2.40. The number of hydrogen-bond acceptors (Lipinski definition) is 2. The van der Waals surface area contributed by atoms with Crippen molar-refractivity contribution >= 4 is 17.3 Å². The first-order valence-corrected chi connectivity index (χ1v) is 7.76. The van der Waals surface area contributed by atoms with Crippen molar-refractivity contribution in [2.45, 2.75) is 33.1 Å². The topological polar surface area (TPSA) is 41.1 Å². The molecule has 0 radical (unpaired) electrons. The molecule has 0 aliphatic heterocycles. The van der Waals surface area contributed by atoms with Gasteiger partial charge in [-0.15, -0.1) is 0 Å². The highest BCUT2D eigenvalue weighted by molar-refractivity contribution is 5.91. The van der Waals surface area contributed by atoms with E-state index in [0.717, 1.165) is 16.9 Å². The maximum atomic E-state index is 12.0. The molecule has 2 aromatic carbocycles. The minimum atomic E-state index is 0.0313. The van der Waals surface area contributed by atoms with Crippen molar-refractivity contribution in [3.05, 3.63) is 59.7 Å². The Labute approximate surface area is 132 Å². The number of anilines is 2. The molecule has 0 bridgehead atoms. The number of carbonyl (C=O) groups is 1. The predicted octanol–water partition coefficient (Wildman–Crippen LogP) is 4.56. The van der Waals surface area contributed by atoms with Crippen molar-refractivity contribution in [1.82, 2.24) is 0 Å². The maximum absolute atomic E-state index is 12.0. The van der Waals surface area contributed by atoms with Crippen molar-refractivity contribution in [1.29, 1.82) is 0 Å². The Morgan fingerprint density at radius 2 is 1.64 bits per heavy atom. The fourth-order valence-electron chi connectivity index (χ4n) is 2.40. The second-order valence-corrected chi connectivity index (χ2v) is 5.78. The third-order valence-electron chi connectivity index (χ3n) is 3.67. The molecular formula is C19H24N2O. The number of amides is 1. The number of hydrogen-bond donors (Lipinski definition) is 2. The Balaban J connectivity index is 1.86. The fraction of sp³-hybridized carbons (Fsp3) is 0.316. The third-order valence-corrected chi connectivity index (χ3v) is 3.67. The second kappa shape index (κ2) is 7.64. The van der Waals surface area contributed by atoms with Crippen LogP contribution in [0.15, 0.2) is 48.5 Å². The zero-order valence-electron chi connectivity index (χ0n) is 13.5. The summed E-state index contributed by atoms with van der Waals surface area (Å²) in [7, 11) is 0. The number of para-hydroxylation sites is 2. The normalized spacial score (nSPS) is 10.5. The van der Waals surface area contributed by atoms with Gasteiger partial charge in [-0.05, 0) is 36.1 Å². The summed E-state index contributed by atoms with van der Waals surface area (Å²) >= 11 is 0. The van der Waals surface area contributed by atoms with Crippen LogP contribution in [-0.2, 0) is 4.79 Å². The molecule has 0 aliphatic carbocycles. The van der Waals surface area contributed by atoms with Gasteiger partial charge in [-0.2, -0.15) is 0 Å². The zero-order chi connectivity index (χ0) is 15.9. The summed E-state index contributed by atoms with van der Waals surface area (Å²) in [5.41, 5.74) is 4.35. The minimum Gasteiger partial charge on any atom is -0.384 e. The van der Waals surface area contributed by atoms with E-state index in [0.29, 0.717) is 18.9 Å². The van der Waals surface area contributed by atoms with Gasteiger partial charge in [-0.25, -0.2) is 0 Å². The lowest BCUT2D eigenvalue weighted by Gasteiger charge is -2.14. The first kappa shape index (κ1) is 16.1.